The third-order valence-corrected chi connectivity index (χ3v) is 3.29. The summed E-state index contributed by atoms with van der Waals surface area (Å²) in [6.07, 6.45) is 12.3. The molecule has 4 aromatic rings. The Labute approximate surface area is 135 Å². The first-order chi connectivity index (χ1) is 11.8. The van der Waals surface area contributed by atoms with Gasteiger partial charge in [-0.1, -0.05) is 0 Å². The van der Waals surface area contributed by atoms with Crippen LogP contribution in [0.1, 0.15) is 15.9 Å². The number of carbonyl (C=O) groups excluding carboxylic acids is 1. The number of carbonyl (C=O) groups is 1. The summed E-state index contributed by atoms with van der Waals surface area (Å²) < 4.78 is 3.04. The number of ketones is 1. The molecule has 0 saturated heterocycles. The van der Waals surface area contributed by atoms with E-state index in [-0.39, 0.29) is 5.78 Å². The van der Waals surface area contributed by atoms with E-state index in [2.05, 4.69) is 30.1 Å². The molecular formula is C15H10N8O. The highest BCUT2D eigenvalue weighted by molar-refractivity contribution is 6.08. The fourth-order valence-corrected chi connectivity index (χ4v) is 2.14. The zero-order chi connectivity index (χ0) is 16.4. The van der Waals surface area contributed by atoms with Gasteiger partial charge in [-0.25, -0.2) is 29.3 Å². The number of nitrogens with zero attached hydrogens (tertiary/aromatic N) is 8. The normalized spacial score (nSPS) is 10.7. The molecule has 0 aromatic carbocycles. The van der Waals surface area contributed by atoms with Crippen LogP contribution in [0, 0.1) is 0 Å². The standard InChI is InChI=1S/C15H10N8O/c24-15(11-5-20-22(7-11)13-1-3-16-9-18-13)12-6-21-23(8-12)14-2-4-17-10-19-14/h1-10H. The lowest BCUT2D eigenvalue weighted by Gasteiger charge is -1.97. The van der Waals surface area contributed by atoms with E-state index in [1.54, 1.807) is 36.9 Å². The van der Waals surface area contributed by atoms with Crippen molar-refractivity contribution in [3.63, 3.8) is 0 Å². The summed E-state index contributed by atoms with van der Waals surface area (Å²) in [5, 5.41) is 8.31. The number of hydrogen-bond donors (Lipinski definition) is 0. The van der Waals surface area contributed by atoms with E-state index < -0.39 is 0 Å². The van der Waals surface area contributed by atoms with Gasteiger partial charge < -0.3 is 0 Å². The lowest BCUT2D eigenvalue weighted by molar-refractivity contribution is 0.103. The Bertz CT molecular complexity index is 897. The van der Waals surface area contributed by atoms with Gasteiger partial charge in [-0.05, 0) is 0 Å². The molecule has 4 heterocycles. The summed E-state index contributed by atoms with van der Waals surface area (Å²) in [5.74, 6) is 0.983. The Morgan fingerprint density at radius 1 is 0.792 bits per heavy atom. The van der Waals surface area contributed by atoms with Crippen molar-refractivity contribution in [2.24, 2.45) is 0 Å². The Morgan fingerprint density at radius 3 is 1.71 bits per heavy atom. The minimum atomic E-state index is -0.185. The average molecular weight is 318 g/mol. The smallest absolute Gasteiger partial charge is 0.199 e. The first-order valence-electron chi connectivity index (χ1n) is 6.98. The van der Waals surface area contributed by atoms with Gasteiger partial charge in [-0.3, -0.25) is 4.79 Å². The molecule has 9 heteroatoms. The summed E-state index contributed by atoms with van der Waals surface area (Å²) >= 11 is 0. The molecule has 0 spiro atoms. The Balaban J connectivity index is 1.61. The van der Waals surface area contributed by atoms with Gasteiger partial charge in [0.1, 0.15) is 12.7 Å². The van der Waals surface area contributed by atoms with E-state index in [1.165, 1.54) is 34.4 Å². The van der Waals surface area contributed by atoms with Crippen LogP contribution in [0.25, 0.3) is 11.6 Å². The third-order valence-electron chi connectivity index (χ3n) is 3.29. The fraction of sp³-hybridized carbons (Fsp3) is 0. The molecule has 0 aliphatic heterocycles. The number of hydrogen-bond acceptors (Lipinski definition) is 7. The zero-order valence-corrected chi connectivity index (χ0v) is 12.3. The number of rotatable bonds is 4. The van der Waals surface area contributed by atoms with Crippen LogP contribution in [0.3, 0.4) is 0 Å². The molecule has 4 rings (SSSR count). The first kappa shape index (κ1) is 13.9. The van der Waals surface area contributed by atoms with Crippen LogP contribution in [0.5, 0.6) is 0 Å². The summed E-state index contributed by atoms with van der Waals surface area (Å²) in [7, 11) is 0. The highest BCUT2D eigenvalue weighted by Gasteiger charge is 2.15. The SMILES string of the molecule is O=C(c1cnn(-c2ccncn2)c1)c1cnn(-c2ccncn2)c1. The van der Waals surface area contributed by atoms with E-state index in [4.69, 9.17) is 0 Å². The van der Waals surface area contributed by atoms with Crippen molar-refractivity contribution in [2.45, 2.75) is 0 Å². The van der Waals surface area contributed by atoms with E-state index in [0.717, 1.165) is 0 Å². The predicted octanol–water partition coefficient (Wildman–Crippen LogP) is 0.869. The van der Waals surface area contributed by atoms with Crippen LogP contribution in [-0.4, -0.2) is 45.3 Å². The molecule has 4 aromatic heterocycles. The van der Waals surface area contributed by atoms with Crippen LogP contribution in [-0.2, 0) is 0 Å². The molecule has 0 amide bonds. The van der Waals surface area contributed by atoms with Crippen LogP contribution in [0.2, 0.25) is 0 Å². The lowest BCUT2D eigenvalue weighted by atomic mass is 10.1. The second-order valence-electron chi connectivity index (χ2n) is 4.81. The molecule has 9 nitrogen and oxygen atoms in total. The van der Waals surface area contributed by atoms with Crippen molar-refractivity contribution in [2.75, 3.05) is 0 Å². The highest BCUT2D eigenvalue weighted by atomic mass is 16.1. The van der Waals surface area contributed by atoms with Gasteiger partial charge in [0.2, 0.25) is 0 Å². The lowest BCUT2D eigenvalue weighted by Crippen LogP contribution is -2.00. The second-order valence-corrected chi connectivity index (χ2v) is 4.81. The van der Waals surface area contributed by atoms with E-state index >= 15 is 0 Å². The van der Waals surface area contributed by atoms with Crippen molar-refractivity contribution in [1.29, 1.82) is 0 Å². The van der Waals surface area contributed by atoms with Gasteiger partial charge in [-0.2, -0.15) is 10.2 Å². The molecule has 0 saturated carbocycles. The predicted molar refractivity (Wildman–Crippen MR) is 81.7 cm³/mol. The zero-order valence-electron chi connectivity index (χ0n) is 12.3. The summed E-state index contributed by atoms with van der Waals surface area (Å²) in [6, 6.07) is 3.41. The molecule has 0 radical (unpaired) electrons. The van der Waals surface area contributed by atoms with Crippen molar-refractivity contribution in [3.8, 4) is 11.6 Å². The van der Waals surface area contributed by atoms with Crippen LogP contribution in [0.4, 0.5) is 0 Å². The van der Waals surface area contributed by atoms with E-state index in [9.17, 15) is 4.79 Å². The van der Waals surface area contributed by atoms with Crippen LogP contribution < -0.4 is 0 Å². The van der Waals surface area contributed by atoms with Crippen molar-refractivity contribution >= 4 is 5.78 Å². The average Bonchev–Trinajstić information content (AvgIpc) is 3.33. The van der Waals surface area contributed by atoms with Gasteiger partial charge in [0.05, 0.1) is 23.5 Å². The van der Waals surface area contributed by atoms with Crippen LogP contribution >= 0.6 is 0 Å². The Morgan fingerprint density at radius 2 is 1.29 bits per heavy atom. The van der Waals surface area contributed by atoms with Gasteiger partial charge in [-0.15, -0.1) is 0 Å². The Hall–Kier alpha value is -3.75. The van der Waals surface area contributed by atoms with Gasteiger partial charge in [0.15, 0.2) is 17.4 Å². The molecule has 0 bridgehead atoms. The number of aromatic nitrogens is 8. The summed E-state index contributed by atoms with van der Waals surface area (Å²) in [4.78, 5) is 28.4. The molecule has 0 aliphatic rings. The van der Waals surface area contributed by atoms with Gasteiger partial charge in [0.25, 0.3) is 0 Å². The maximum Gasteiger partial charge on any atom is 0.199 e. The van der Waals surface area contributed by atoms with Crippen molar-refractivity contribution in [3.05, 3.63) is 73.1 Å². The highest BCUT2D eigenvalue weighted by Crippen LogP contribution is 2.12. The molecule has 0 atom stereocenters. The quantitative estimate of drug-likeness (QED) is 0.514. The molecule has 0 N–H and O–H groups in total. The van der Waals surface area contributed by atoms with Crippen molar-refractivity contribution < 1.29 is 4.79 Å². The van der Waals surface area contributed by atoms with E-state index in [0.29, 0.717) is 22.8 Å². The molecule has 0 aliphatic carbocycles. The molecule has 0 fully saturated rings. The molecule has 24 heavy (non-hydrogen) atoms. The van der Waals surface area contributed by atoms with Gasteiger partial charge in [0, 0.05) is 36.9 Å². The molecule has 0 unspecified atom stereocenters. The monoisotopic (exact) mass is 318 g/mol. The van der Waals surface area contributed by atoms with E-state index in [1.807, 2.05) is 0 Å². The minimum Gasteiger partial charge on any atom is -0.288 e. The van der Waals surface area contributed by atoms with Crippen molar-refractivity contribution in [1.82, 2.24) is 39.5 Å². The molecule has 116 valence electrons. The summed E-state index contributed by atoms with van der Waals surface area (Å²) in [6.45, 7) is 0. The van der Waals surface area contributed by atoms with Crippen LogP contribution in [0.15, 0.2) is 62.0 Å². The second kappa shape index (κ2) is 5.80. The first-order valence-corrected chi connectivity index (χ1v) is 6.98. The fourth-order valence-electron chi connectivity index (χ4n) is 2.14. The third kappa shape index (κ3) is 2.54. The largest absolute Gasteiger partial charge is 0.288 e. The Kier molecular flexibility index (Phi) is 3.35. The molecular weight excluding hydrogens is 308 g/mol. The maximum absolute atomic E-state index is 12.6. The minimum absolute atomic E-state index is 0.185. The summed E-state index contributed by atoms with van der Waals surface area (Å²) in [5.41, 5.74) is 0.881. The topological polar surface area (TPSA) is 104 Å². The van der Waals surface area contributed by atoms with Gasteiger partial charge >= 0.3 is 0 Å². The maximum atomic E-state index is 12.6.